The molecule has 0 atom stereocenters. The summed E-state index contributed by atoms with van der Waals surface area (Å²) in [6.07, 6.45) is 0. The molecule has 0 spiro atoms. The monoisotopic (exact) mass is 600 g/mol. The van der Waals surface area contributed by atoms with E-state index in [-0.39, 0.29) is 17.4 Å². The largest absolute Gasteiger partial charge is 0.507 e. The summed E-state index contributed by atoms with van der Waals surface area (Å²) in [4.78, 5) is 12.7. The maximum absolute atomic E-state index is 12.7. The van der Waals surface area contributed by atoms with Crippen LogP contribution in [0.25, 0.3) is 17.1 Å². The predicted octanol–water partition coefficient (Wildman–Crippen LogP) is 6.82. The van der Waals surface area contributed by atoms with Crippen molar-refractivity contribution in [3.05, 3.63) is 80.2 Å². The minimum Gasteiger partial charge on any atom is -0.507 e. The van der Waals surface area contributed by atoms with E-state index in [9.17, 15) is 9.90 Å². The molecule has 0 fully saturated rings. The van der Waals surface area contributed by atoms with Crippen LogP contribution in [0.5, 0.6) is 5.75 Å². The zero-order valence-electron chi connectivity index (χ0n) is 18.8. The number of rotatable bonds is 6. The number of amides is 1. The number of aromatic hydroxyl groups is 1. The van der Waals surface area contributed by atoms with E-state index in [1.807, 2.05) is 55.7 Å². The topological polar surface area (TPSA) is 80.0 Å². The van der Waals surface area contributed by atoms with Gasteiger partial charge in [0.05, 0.1) is 17.0 Å². The summed E-state index contributed by atoms with van der Waals surface area (Å²) in [5, 5.41) is 22.8. The van der Waals surface area contributed by atoms with Crippen LogP contribution in [-0.4, -0.2) is 31.5 Å². The van der Waals surface area contributed by atoms with Crippen LogP contribution in [0.15, 0.2) is 68.7 Å². The predicted molar refractivity (Wildman–Crippen MR) is 144 cm³/mol. The number of thioether (sulfide) groups is 1. The third kappa shape index (κ3) is 5.37. The average Bonchev–Trinajstić information content (AvgIpc) is 3.19. The summed E-state index contributed by atoms with van der Waals surface area (Å²) in [5.41, 5.74) is 5.34. The van der Waals surface area contributed by atoms with Crippen molar-refractivity contribution in [3.8, 4) is 22.8 Å². The summed E-state index contributed by atoms with van der Waals surface area (Å²) < 4.78 is 3.66. The molecule has 1 amide bonds. The smallest absolute Gasteiger partial charge is 0.234 e. The molecule has 6 nitrogen and oxygen atoms in total. The fourth-order valence-corrected chi connectivity index (χ4v) is 5.16. The van der Waals surface area contributed by atoms with Crippen LogP contribution in [0.2, 0.25) is 0 Å². The number of aryl methyl sites for hydroxylation is 3. The average molecular weight is 602 g/mol. The number of phenols is 1. The van der Waals surface area contributed by atoms with Crippen LogP contribution in [0.1, 0.15) is 16.7 Å². The van der Waals surface area contributed by atoms with E-state index in [1.54, 1.807) is 18.2 Å². The molecule has 0 unspecified atom stereocenters. The molecule has 0 saturated carbocycles. The number of aromatic nitrogens is 3. The highest BCUT2D eigenvalue weighted by atomic mass is 79.9. The molecule has 0 bridgehead atoms. The van der Waals surface area contributed by atoms with Crippen molar-refractivity contribution in [3.63, 3.8) is 0 Å². The number of nitrogens with one attached hydrogen (secondary N) is 1. The maximum atomic E-state index is 12.7. The first-order valence-electron chi connectivity index (χ1n) is 10.4. The molecule has 0 aliphatic rings. The van der Waals surface area contributed by atoms with Crippen molar-refractivity contribution in [1.29, 1.82) is 0 Å². The zero-order chi connectivity index (χ0) is 24.4. The molecule has 0 aliphatic carbocycles. The number of anilines is 1. The van der Waals surface area contributed by atoms with E-state index < -0.39 is 0 Å². The molecule has 0 aliphatic heterocycles. The van der Waals surface area contributed by atoms with Crippen molar-refractivity contribution < 1.29 is 9.90 Å². The van der Waals surface area contributed by atoms with Crippen molar-refractivity contribution in [2.24, 2.45) is 0 Å². The third-order valence-electron chi connectivity index (χ3n) is 5.22. The highest BCUT2D eigenvalue weighted by molar-refractivity contribution is 9.10. The van der Waals surface area contributed by atoms with Gasteiger partial charge in [-0.1, -0.05) is 61.3 Å². The number of halogens is 2. The summed E-state index contributed by atoms with van der Waals surface area (Å²) in [5.74, 6) is 0.611. The summed E-state index contributed by atoms with van der Waals surface area (Å²) in [6.45, 7) is 6.00. The molecule has 4 aromatic rings. The standard InChI is InChI=1S/C25H22Br2N4O2S/c1-14-4-8-21(16(3)10-14)31-24(19-12-18(27)6-9-22(19)32)29-30-25(31)34-13-23(33)28-20-7-5-17(26)11-15(20)2/h4-12,32H,13H2,1-3H3,(H,28,33). The van der Waals surface area contributed by atoms with E-state index in [0.717, 1.165) is 37.0 Å². The Balaban J connectivity index is 1.68. The van der Waals surface area contributed by atoms with E-state index in [1.165, 1.54) is 11.8 Å². The minimum atomic E-state index is -0.141. The van der Waals surface area contributed by atoms with Crippen LogP contribution in [-0.2, 0) is 4.79 Å². The van der Waals surface area contributed by atoms with Gasteiger partial charge in [0.2, 0.25) is 5.91 Å². The summed E-state index contributed by atoms with van der Waals surface area (Å²) in [6, 6.07) is 17.0. The molecular formula is C25H22Br2N4O2S. The molecule has 3 aromatic carbocycles. The second-order valence-electron chi connectivity index (χ2n) is 7.89. The lowest BCUT2D eigenvalue weighted by molar-refractivity contribution is -0.113. The third-order valence-corrected chi connectivity index (χ3v) is 7.14. The van der Waals surface area contributed by atoms with Gasteiger partial charge in [0.1, 0.15) is 5.75 Å². The first kappa shape index (κ1) is 24.5. The van der Waals surface area contributed by atoms with Gasteiger partial charge in [-0.3, -0.25) is 9.36 Å². The Morgan fingerprint density at radius 2 is 1.71 bits per heavy atom. The SMILES string of the molecule is Cc1ccc(-n2c(SCC(=O)Nc3ccc(Br)cc3C)nnc2-c2cc(Br)ccc2O)c(C)c1. The number of carbonyl (C=O) groups excluding carboxylic acids is 1. The molecule has 1 aromatic heterocycles. The number of benzene rings is 3. The Hall–Kier alpha value is -2.62. The van der Waals surface area contributed by atoms with E-state index in [2.05, 4.69) is 53.4 Å². The normalized spacial score (nSPS) is 11.0. The number of phenolic OH excluding ortho intramolecular Hbond substituents is 1. The van der Waals surface area contributed by atoms with E-state index in [4.69, 9.17) is 0 Å². The molecule has 2 N–H and O–H groups in total. The molecule has 4 rings (SSSR count). The molecule has 1 heterocycles. The van der Waals surface area contributed by atoms with Gasteiger partial charge < -0.3 is 10.4 Å². The zero-order valence-corrected chi connectivity index (χ0v) is 22.8. The van der Waals surface area contributed by atoms with Crippen molar-refractivity contribution >= 4 is 55.2 Å². The number of carbonyl (C=O) groups is 1. The van der Waals surface area contributed by atoms with Crippen LogP contribution in [0, 0.1) is 20.8 Å². The molecule has 174 valence electrons. The first-order valence-corrected chi connectivity index (χ1v) is 13.0. The molecule has 9 heteroatoms. The number of hydrogen-bond donors (Lipinski definition) is 2. The van der Waals surface area contributed by atoms with Crippen molar-refractivity contribution in [2.75, 3.05) is 11.1 Å². The van der Waals surface area contributed by atoms with Gasteiger partial charge >= 0.3 is 0 Å². The molecule has 0 saturated heterocycles. The summed E-state index contributed by atoms with van der Waals surface area (Å²) >= 11 is 8.20. The Morgan fingerprint density at radius 1 is 0.971 bits per heavy atom. The van der Waals surface area contributed by atoms with E-state index in [0.29, 0.717) is 16.5 Å². The van der Waals surface area contributed by atoms with Crippen molar-refractivity contribution in [2.45, 2.75) is 25.9 Å². The Bertz CT molecular complexity index is 1390. The molecular weight excluding hydrogens is 580 g/mol. The van der Waals surface area contributed by atoms with Gasteiger partial charge in [0.15, 0.2) is 11.0 Å². The van der Waals surface area contributed by atoms with Crippen LogP contribution in [0.3, 0.4) is 0 Å². The highest BCUT2D eigenvalue weighted by Crippen LogP contribution is 2.35. The molecule has 0 radical (unpaired) electrons. The fraction of sp³-hybridized carbons (Fsp3) is 0.160. The second-order valence-corrected chi connectivity index (χ2v) is 10.7. The van der Waals surface area contributed by atoms with Gasteiger partial charge in [-0.15, -0.1) is 10.2 Å². The number of hydrogen-bond acceptors (Lipinski definition) is 5. The molecule has 34 heavy (non-hydrogen) atoms. The van der Waals surface area contributed by atoms with Gasteiger partial charge in [-0.2, -0.15) is 0 Å². The fourth-order valence-electron chi connectivity index (χ4n) is 3.58. The second kappa shape index (κ2) is 10.3. The van der Waals surface area contributed by atoms with E-state index >= 15 is 0 Å². The lowest BCUT2D eigenvalue weighted by Gasteiger charge is -2.14. The minimum absolute atomic E-state index is 0.0987. The lowest BCUT2D eigenvalue weighted by atomic mass is 10.1. The Kier molecular flexibility index (Phi) is 7.45. The van der Waals surface area contributed by atoms with Gasteiger partial charge in [-0.05, 0) is 74.4 Å². The van der Waals surface area contributed by atoms with Crippen molar-refractivity contribution in [1.82, 2.24) is 14.8 Å². The quantitative estimate of drug-likeness (QED) is 0.237. The highest BCUT2D eigenvalue weighted by Gasteiger charge is 2.21. The number of nitrogens with zero attached hydrogens (tertiary/aromatic N) is 3. The Morgan fingerprint density at radius 3 is 2.44 bits per heavy atom. The van der Waals surface area contributed by atoms with Gasteiger partial charge in [-0.25, -0.2) is 0 Å². The van der Waals surface area contributed by atoms with Gasteiger partial charge in [0, 0.05) is 14.6 Å². The summed E-state index contributed by atoms with van der Waals surface area (Å²) in [7, 11) is 0. The maximum Gasteiger partial charge on any atom is 0.234 e. The Labute approximate surface area is 219 Å². The van der Waals surface area contributed by atoms with Gasteiger partial charge in [0.25, 0.3) is 0 Å². The van der Waals surface area contributed by atoms with Crippen LogP contribution in [0.4, 0.5) is 5.69 Å². The van der Waals surface area contributed by atoms with Crippen LogP contribution >= 0.6 is 43.6 Å². The first-order chi connectivity index (χ1) is 16.2. The lowest BCUT2D eigenvalue weighted by Crippen LogP contribution is -2.15. The van der Waals surface area contributed by atoms with Crippen LogP contribution < -0.4 is 5.32 Å².